The molecule has 1 aliphatic rings. The van der Waals surface area contributed by atoms with E-state index in [1.807, 2.05) is 48.6 Å². The molecule has 1 rings (SSSR count). The number of rotatable bonds is 36. The third-order valence-electron chi connectivity index (χ3n) is 9.98. The largest absolute Gasteiger partial charge is 0.472 e. The van der Waals surface area contributed by atoms with Gasteiger partial charge >= 0.3 is 19.8 Å². The number of allylic oxidation sites excluding steroid dienone is 14. The van der Waals surface area contributed by atoms with Crippen LogP contribution in [0.2, 0.25) is 0 Å². The second kappa shape index (κ2) is 37.9. The molecule has 0 aliphatic heterocycles. The molecule has 0 heterocycles. The van der Waals surface area contributed by atoms with Crippen molar-refractivity contribution in [2.75, 3.05) is 13.2 Å². The van der Waals surface area contributed by atoms with E-state index in [1.165, 1.54) is 32.1 Å². The van der Waals surface area contributed by atoms with Crippen molar-refractivity contribution in [2.24, 2.45) is 0 Å². The van der Waals surface area contributed by atoms with Crippen LogP contribution >= 0.6 is 7.82 Å². The first-order valence-corrected chi connectivity index (χ1v) is 24.6. The van der Waals surface area contributed by atoms with Crippen LogP contribution in [0.15, 0.2) is 97.2 Å². The van der Waals surface area contributed by atoms with Crippen LogP contribution < -0.4 is 0 Å². The molecule has 0 aromatic heterocycles. The van der Waals surface area contributed by atoms with Crippen molar-refractivity contribution in [3.63, 3.8) is 0 Å². The van der Waals surface area contributed by atoms with Crippen molar-refractivity contribution in [1.82, 2.24) is 0 Å². The highest BCUT2D eigenvalue weighted by Gasteiger charge is 2.51. The minimum atomic E-state index is -5.17. The van der Waals surface area contributed by atoms with Crippen LogP contribution in [-0.2, 0) is 32.7 Å². The second-order valence-electron chi connectivity index (χ2n) is 15.7. The molecule has 64 heavy (non-hydrogen) atoms. The zero-order valence-electron chi connectivity index (χ0n) is 38.1. The summed E-state index contributed by atoms with van der Waals surface area (Å²) in [6, 6.07) is 0. The van der Waals surface area contributed by atoms with Gasteiger partial charge in [-0.15, -0.1) is 0 Å². The van der Waals surface area contributed by atoms with E-state index >= 15 is 0 Å². The molecule has 0 saturated heterocycles. The van der Waals surface area contributed by atoms with Gasteiger partial charge in [0.05, 0.1) is 12.7 Å². The lowest BCUT2D eigenvalue weighted by Gasteiger charge is -2.41. The third kappa shape index (κ3) is 30.0. The average molecular weight is 923 g/mol. The standard InChI is InChI=1S/C49H79O14P/c1-3-5-7-9-11-12-13-14-15-16-17-18-19-20-24-28-32-36-42(51)60-38-41(39-61-64(58,59)63-49-47(56)45(54)44(53)46(55)48(49)57)62-43(52)37-33-29-25-21-23-27-31-35-40(50)34-30-26-22-10-8-6-4-2/h11-12,14-15,17-18,20-22,24-27,30-31,34,40-41,44-50,53-57H,3-10,13,16,19,23,28-29,32-33,35-39H2,1-2H3,(H,58,59)/b12-11-,15-14-,18-17-,24-20-,25-21+,26-22-,31-27-,34-30-/t40-,41+,44?,45-,46+,47+,48+,49?/m0/s1. The molecule has 0 radical (unpaired) electrons. The van der Waals surface area contributed by atoms with Gasteiger partial charge in [0.25, 0.3) is 0 Å². The SMILES string of the molecule is CCCCC/C=C\C=C/[C@H](O)C/C=C\C/C=C/CCCC(=O)O[C@H](COC(=O)CCC/C=C\C/C=C\C/C=C\C/C=C\CCCCC)COP(=O)(O)OC1[C@H](O)[C@H](O)C(O)[C@H](O)[C@H]1O. The molecule has 0 amide bonds. The first kappa shape index (κ1) is 58.7. The lowest BCUT2D eigenvalue weighted by molar-refractivity contribution is -0.220. The monoisotopic (exact) mass is 923 g/mol. The number of carbonyl (C=O) groups excluding carboxylic acids is 2. The van der Waals surface area contributed by atoms with Gasteiger partial charge < -0.3 is 45.0 Å². The Balaban J connectivity index is 2.59. The number of phosphoric acid groups is 1. The zero-order chi connectivity index (χ0) is 47.3. The molecule has 15 heteroatoms. The fourth-order valence-electron chi connectivity index (χ4n) is 6.17. The molecule has 7 N–H and O–H groups in total. The summed E-state index contributed by atoms with van der Waals surface area (Å²) in [6.45, 7) is 3.06. The van der Waals surface area contributed by atoms with E-state index in [0.29, 0.717) is 38.5 Å². The molecule has 14 nitrogen and oxygen atoms in total. The molecular weight excluding hydrogens is 843 g/mol. The molecule has 0 aromatic carbocycles. The number of phosphoric ester groups is 1. The quantitative estimate of drug-likeness (QED) is 0.0104. The second-order valence-corrected chi connectivity index (χ2v) is 17.2. The molecule has 0 spiro atoms. The average Bonchev–Trinajstić information content (AvgIpc) is 3.27. The molecule has 1 saturated carbocycles. The Kier molecular flexibility index (Phi) is 34.8. The Labute approximate surface area is 382 Å². The van der Waals surface area contributed by atoms with Gasteiger partial charge in [0.15, 0.2) is 6.10 Å². The van der Waals surface area contributed by atoms with E-state index in [-0.39, 0.29) is 12.8 Å². The van der Waals surface area contributed by atoms with Crippen molar-refractivity contribution in [3.8, 4) is 0 Å². The minimum absolute atomic E-state index is 0.0306. The lowest BCUT2D eigenvalue weighted by Crippen LogP contribution is -2.64. The van der Waals surface area contributed by atoms with Crippen LogP contribution in [-0.4, -0.2) is 110 Å². The van der Waals surface area contributed by atoms with Crippen molar-refractivity contribution < 1.29 is 68.2 Å². The van der Waals surface area contributed by atoms with Crippen LogP contribution in [0.25, 0.3) is 0 Å². The van der Waals surface area contributed by atoms with E-state index < -0.39 is 81.8 Å². The van der Waals surface area contributed by atoms with E-state index in [0.717, 1.165) is 38.5 Å². The fraction of sp³-hybridized carbons (Fsp3) is 0.633. The highest BCUT2D eigenvalue weighted by atomic mass is 31.2. The normalized spacial score (nSPS) is 23.0. The van der Waals surface area contributed by atoms with Crippen LogP contribution in [0, 0.1) is 0 Å². The van der Waals surface area contributed by atoms with E-state index in [4.69, 9.17) is 18.5 Å². The molecule has 364 valence electrons. The molecule has 0 aromatic rings. The van der Waals surface area contributed by atoms with Crippen molar-refractivity contribution in [3.05, 3.63) is 97.2 Å². The van der Waals surface area contributed by atoms with Crippen LogP contribution in [0.3, 0.4) is 0 Å². The van der Waals surface area contributed by atoms with Gasteiger partial charge in [0, 0.05) is 12.8 Å². The van der Waals surface area contributed by atoms with Gasteiger partial charge in [-0.3, -0.25) is 18.6 Å². The molecule has 1 aliphatic carbocycles. The van der Waals surface area contributed by atoms with Crippen LogP contribution in [0.4, 0.5) is 0 Å². The predicted octanol–water partition coefficient (Wildman–Crippen LogP) is 8.02. The lowest BCUT2D eigenvalue weighted by atomic mass is 9.85. The highest BCUT2D eigenvalue weighted by molar-refractivity contribution is 7.47. The molecule has 9 atom stereocenters. The molecule has 0 bridgehead atoms. The Hall–Kier alpha value is -3.27. The van der Waals surface area contributed by atoms with Crippen LogP contribution in [0.5, 0.6) is 0 Å². The highest BCUT2D eigenvalue weighted by Crippen LogP contribution is 2.47. The molecule has 1 fully saturated rings. The third-order valence-corrected chi connectivity index (χ3v) is 11.0. The van der Waals surface area contributed by atoms with E-state index in [9.17, 15) is 49.7 Å². The minimum Gasteiger partial charge on any atom is -0.462 e. The number of hydrogen-bond acceptors (Lipinski definition) is 13. The van der Waals surface area contributed by atoms with Gasteiger partial charge in [0.1, 0.15) is 43.2 Å². The Bertz CT molecular complexity index is 1500. The Morgan fingerprint density at radius 1 is 0.562 bits per heavy atom. The van der Waals surface area contributed by atoms with E-state index in [2.05, 4.69) is 56.4 Å². The predicted molar refractivity (Wildman–Crippen MR) is 250 cm³/mol. The van der Waals surface area contributed by atoms with Crippen molar-refractivity contribution in [2.45, 2.75) is 185 Å². The van der Waals surface area contributed by atoms with E-state index in [1.54, 1.807) is 6.08 Å². The maximum atomic E-state index is 12.8. The Morgan fingerprint density at radius 3 is 1.55 bits per heavy atom. The number of hydrogen-bond donors (Lipinski definition) is 7. The summed E-state index contributed by atoms with van der Waals surface area (Å²) in [6.07, 6.45) is 33.4. The fourth-order valence-corrected chi connectivity index (χ4v) is 7.15. The summed E-state index contributed by atoms with van der Waals surface area (Å²) < 4.78 is 33.4. The number of carbonyl (C=O) groups is 2. The van der Waals surface area contributed by atoms with Crippen LogP contribution in [0.1, 0.15) is 136 Å². The topological polar surface area (TPSA) is 230 Å². The van der Waals surface area contributed by atoms with Gasteiger partial charge in [-0.2, -0.15) is 0 Å². The zero-order valence-corrected chi connectivity index (χ0v) is 39.0. The summed E-state index contributed by atoms with van der Waals surface area (Å²) in [5.41, 5.74) is 0. The number of aliphatic hydroxyl groups excluding tert-OH is 6. The maximum Gasteiger partial charge on any atom is 0.472 e. The number of esters is 2. The Morgan fingerprint density at radius 2 is 1.02 bits per heavy atom. The first-order chi connectivity index (χ1) is 30.8. The maximum absolute atomic E-state index is 12.8. The number of aliphatic hydroxyl groups is 6. The summed E-state index contributed by atoms with van der Waals surface area (Å²) in [7, 11) is -5.17. The molecular formula is C49H79O14P. The van der Waals surface area contributed by atoms with Gasteiger partial charge in [-0.05, 0) is 83.5 Å². The smallest absolute Gasteiger partial charge is 0.462 e. The first-order valence-electron chi connectivity index (χ1n) is 23.1. The summed E-state index contributed by atoms with van der Waals surface area (Å²) in [5, 5.41) is 60.2. The number of unbranched alkanes of at least 4 members (excludes halogenated alkanes) is 8. The van der Waals surface area contributed by atoms with Gasteiger partial charge in [-0.1, -0.05) is 137 Å². The summed E-state index contributed by atoms with van der Waals surface area (Å²) in [5.74, 6) is -1.28. The van der Waals surface area contributed by atoms with Crippen molar-refractivity contribution >= 4 is 19.8 Å². The van der Waals surface area contributed by atoms with Gasteiger partial charge in [0.2, 0.25) is 0 Å². The van der Waals surface area contributed by atoms with Crippen molar-refractivity contribution in [1.29, 1.82) is 0 Å². The number of ether oxygens (including phenoxy) is 2. The molecule has 3 unspecified atom stereocenters. The summed E-state index contributed by atoms with van der Waals surface area (Å²) in [4.78, 5) is 35.7. The summed E-state index contributed by atoms with van der Waals surface area (Å²) >= 11 is 0. The van der Waals surface area contributed by atoms with Gasteiger partial charge in [-0.25, -0.2) is 4.57 Å².